The molecule has 1 aliphatic heterocycles. The number of anilines is 2. The predicted molar refractivity (Wildman–Crippen MR) is 91.9 cm³/mol. The molecule has 0 saturated heterocycles. The van der Waals surface area contributed by atoms with Crippen LogP contribution in [0.2, 0.25) is 0 Å². The van der Waals surface area contributed by atoms with E-state index in [0.29, 0.717) is 12.0 Å². The van der Waals surface area contributed by atoms with Gasteiger partial charge in [0.1, 0.15) is 0 Å². The zero-order chi connectivity index (χ0) is 16.4. The third kappa shape index (κ3) is 3.26. The lowest BCUT2D eigenvalue weighted by Gasteiger charge is -2.13. The van der Waals surface area contributed by atoms with Crippen molar-refractivity contribution in [2.45, 2.75) is 33.1 Å². The molecule has 0 unspecified atom stereocenters. The average molecular weight is 308 g/mol. The molecule has 3 rings (SSSR count). The summed E-state index contributed by atoms with van der Waals surface area (Å²) in [6.07, 6.45) is 2.14. The number of nitrogens with one attached hydrogen (secondary N) is 2. The zero-order valence-corrected chi connectivity index (χ0v) is 13.4. The number of hydrogen-bond acceptors (Lipinski definition) is 2. The molecule has 23 heavy (non-hydrogen) atoms. The normalized spacial score (nSPS) is 13.7. The number of aryl methyl sites for hydroxylation is 3. The summed E-state index contributed by atoms with van der Waals surface area (Å²) >= 11 is 0. The maximum Gasteiger partial charge on any atom is 0.255 e. The number of para-hydroxylation sites is 1. The van der Waals surface area contributed by atoms with E-state index in [2.05, 4.69) is 10.6 Å². The monoisotopic (exact) mass is 308 g/mol. The Labute approximate surface area is 135 Å². The topological polar surface area (TPSA) is 58.2 Å². The van der Waals surface area contributed by atoms with E-state index < -0.39 is 0 Å². The van der Waals surface area contributed by atoms with Crippen molar-refractivity contribution in [1.29, 1.82) is 0 Å². The Morgan fingerprint density at radius 2 is 1.83 bits per heavy atom. The molecule has 1 heterocycles. The molecule has 0 atom stereocenters. The third-order valence-corrected chi connectivity index (χ3v) is 4.21. The SMILES string of the molecule is Cc1cccc(C)c1NC(=O)c1ccc2c(c1)CCCC(=O)N2. The van der Waals surface area contributed by atoms with E-state index in [1.165, 1.54) is 0 Å². The largest absolute Gasteiger partial charge is 0.326 e. The molecular formula is C19H20N2O2. The van der Waals surface area contributed by atoms with Crippen molar-refractivity contribution in [2.24, 2.45) is 0 Å². The average Bonchev–Trinajstić information content (AvgIpc) is 2.70. The van der Waals surface area contributed by atoms with Gasteiger partial charge in [0, 0.05) is 23.4 Å². The second-order valence-electron chi connectivity index (χ2n) is 5.99. The lowest BCUT2D eigenvalue weighted by atomic mass is 10.0. The molecule has 0 spiro atoms. The minimum atomic E-state index is -0.124. The number of rotatable bonds is 2. The zero-order valence-electron chi connectivity index (χ0n) is 13.4. The first kappa shape index (κ1) is 15.3. The van der Waals surface area contributed by atoms with Gasteiger partial charge in [0.25, 0.3) is 5.91 Å². The first-order chi connectivity index (χ1) is 11.0. The van der Waals surface area contributed by atoms with Gasteiger partial charge in [-0.05, 0) is 61.6 Å². The second-order valence-corrected chi connectivity index (χ2v) is 5.99. The minimum Gasteiger partial charge on any atom is -0.326 e. The number of fused-ring (bicyclic) bond motifs is 1. The number of carbonyl (C=O) groups is 2. The molecule has 2 N–H and O–H groups in total. The van der Waals surface area contributed by atoms with Gasteiger partial charge < -0.3 is 10.6 Å². The summed E-state index contributed by atoms with van der Waals surface area (Å²) in [7, 11) is 0. The number of amides is 2. The number of benzene rings is 2. The summed E-state index contributed by atoms with van der Waals surface area (Å²) in [5.41, 5.74) is 5.39. The molecule has 2 amide bonds. The van der Waals surface area contributed by atoms with Crippen LogP contribution in [0.3, 0.4) is 0 Å². The van der Waals surface area contributed by atoms with Gasteiger partial charge in [-0.3, -0.25) is 9.59 Å². The Morgan fingerprint density at radius 3 is 2.57 bits per heavy atom. The van der Waals surface area contributed by atoms with E-state index in [1.807, 2.05) is 44.2 Å². The first-order valence-corrected chi connectivity index (χ1v) is 7.85. The van der Waals surface area contributed by atoms with Crippen LogP contribution < -0.4 is 10.6 Å². The van der Waals surface area contributed by atoms with Crippen LogP contribution in [-0.4, -0.2) is 11.8 Å². The van der Waals surface area contributed by atoms with E-state index in [0.717, 1.165) is 40.9 Å². The van der Waals surface area contributed by atoms with Crippen molar-refractivity contribution in [3.8, 4) is 0 Å². The van der Waals surface area contributed by atoms with Crippen LogP contribution in [0, 0.1) is 13.8 Å². The summed E-state index contributed by atoms with van der Waals surface area (Å²) in [6.45, 7) is 3.96. The smallest absolute Gasteiger partial charge is 0.255 e. The van der Waals surface area contributed by atoms with Gasteiger partial charge in [0.2, 0.25) is 5.91 Å². The maximum absolute atomic E-state index is 12.6. The Hall–Kier alpha value is -2.62. The van der Waals surface area contributed by atoms with Gasteiger partial charge in [-0.1, -0.05) is 18.2 Å². The fraction of sp³-hybridized carbons (Fsp3) is 0.263. The van der Waals surface area contributed by atoms with E-state index >= 15 is 0 Å². The Bertz CT molecular complexity index is 761. The van der Waals surface area contributed by atoms with Crippen molar-refractivity contribution in [3.05, 3.63) is 58.7 Å². The fourth-order valence-corrected chi connectivity index (χ4v) is 2.91. The Morgan fingerprint density at radius 1 is 1.09 bits per heavy atom. The standard InChI is InChI=1S/C19H20N2O2/c1-12-5-3-6-13(2)18(12)21-19(23)15-9-10-16-14(11-15)7-4-8-17(22)20-16/h3,5-6,9-11H,4,7-8H2,1-2H3,(H,20,22)(H,21,23). The van der Waals surface area contributed by atoms with Crippen LogP contribution in [0.4, 0.5) is 11.4 Å². The molecule has 4 nitrogen and oxygen atoms in total. The molecule has 118 valence electrons. The van der Waals surface area contributed by atoms with Crippen LogP contribution >= 0.6 is 0 Å². The van der Waals surface area contributed by atoms with Gasteiger partial charge in [-0.2, -0.15) is 0 Å². The summed E-state index contributed by atoms with van der Waals surface area (Å²) in [5, 5.41) is 5.89. The molecule has 0 radical (unpaired) electrons. The highest BCUT2D eigenvalue weighted by Gasteiger charge is 2.16. The van der Waals surface area contributed by atoms with Gasteiger partial charge in [0.15, 0.2) is 0 Å². The predicted octanol–water partition coefficient (Wildman–Crippen LogP) is 3.83. The van der Waals surface area contributed by atoms with Crippen LogP contribution in [0.25, 0.3) is 0 Å². The number of carbonyl (C=O) groups excluding carboxylic acids is 2. The minimum absolute atomic E-state index is 0.0384. The molecule has 0 fully saturated rings. The summed E-state index contributed by atoms with van der Waals surface area (Å²) in [6, 6.07) is 11.4. The molecule has 2 aromatic carbocycles. The third-order valence-electron chi connectivity index (χ3n) is 4.21. The Balaban J connectivity index is 1.86. The van der Waals surface area contributed by atoms with Crippen LogP contribution in [0.5, 0.6) is 0 Å². The second kappa shape index (κ2) is 6.24. The van der Waals surface area contributed by atoms with Crippen molar-refractivity contribution in [2.75, 3.05) is 10.6 Å². The summed E-state index contributed by atoms with van der Waals surface area (Å²) < 4.78 is 0. The first-order valence-electron chi connectivity index (χ1n) is 7.85. The van der Waals surface area contributed by atoms with Crippen molar-refractivity contribution in [1.82, 2.24) is 0 Å². The molecular weight excluding hydrogens is 288 g/mol. The van der Waals surface area contributed by atoms with Crippen LogP contribution in [-0.2, 0) is 11.2 Å². The number of hydrogen-bond donors (Lipinski definition) is 2. The van der Waals surface area contributed by atoms with E-state index in [4.69, 9.17) is 0 Å². The van der Waals surface area contributed by atoms with Crippen LogP contribution in [0.15, 0.2) is 36.4 Å². The van der Waals surface area contributed by atoms with Crippen LogP contribution in [0.1, 0.15) is 39.9 Å². The molecule has 0 saturated carbocycles. The summed E-state index contributed by atoms with van der Waals surface area (Å²) in [5.74, 6) is -0.0859. The molecule has 0 bridgehead atoms. The van der Waals surface area contributed by atoms with E-state index in [1.54, 1.807) is 6.07 Å². The quantitative estimate of drug-likeness (QED) is 0.886. The lowest BCUT2D eigenvalue weighted by Crippen LogP contribution is -2.14. The van der Waals surface area contributed by atoms with Gasteiger partial charge in [-0.25, -0.2) is 0 Å². The molecule has 1 aliphatic rings. The molecule has 4 heteroatoms. The highest BCUT2D eigenvalue weighted by molar-refractivity contribution is 6.05. The summed E-state index contributed by atoms with van der Waals surface area (Å²) in [4.78, 5) is 24.1. The van der Waals surface area contributed by atoms with Gasteiger partial charge in [-0.15, -0.1) is 0 Å². The Kier molecular flexibility index (Phi) is 4.15. The fourth-order valence-electron chi connectivity index (χ4n) is 2.91. The van der Waals surface area contributed by atoms with Gasteiger partial charge >= 0.3 is 0 Å². The lowest BCUT2D eigenvalue weighted by molar-refractivity contribution is -0.116. The van der Waals surface area contributed by atoms with Crippen molar-refractivity contribution < 1.29 is 9.59 Å². The maximum atomic E-state index is 12.6. The van der Waals surface area contributed by atoms with E-state index in [9.17, 15) is 9.59 Å². The highest BCUT2D eigenvalue weighted by Crippen LogP contribution is 2.25. The van der Waals surface area contributed by atoms with Gasteiger partial charge in [0.05, 0.1) is 0 Å². The molecule has 0 aliphatic carbocycles. The van der Waals surface area contributed by atoms with E-state index in [-0.39, 0.29) is 11.8 Å². The van der Waals surface area contributed by atoms with Crippen molar-refractivity contribution in [3.63, 3.8) is 0 Å². The highest BCUT2D eigenvalue weighted by atomic mass is 16.2. The van der Waals surface area contributed by atoms with Crippen molar-refractivity contribution >= 4 is 23.2 Å². The molecule has 2 aromatic rings. The molecule has 0 aromatic heterocycles.